The molecule has 3 amide bonds. The van der Waals surface area contributed by atoms with Gasteiger partial charge in [-0.3, -0.25) is 14.4 Å². The minimum Gasteiger partial charge on any atom is -0.344 e. The Labute approximate surface area is 179 Å². The molecule has 0 spiro atoms. The molecule has 4 atom stereocenters. The topological polar surface area (TPSA) is 86.8 Å². The van der Waals surface area contributed by atoms with Gasteiger partial charge in [0.2, 0.25) is 17.7 Å². The quantitative estimate of drug-likeness (QED) is 0.536. The second kappa shape index (κ2) is 8.37. The van der Waals surface area contributed by atoms with Gasteiger partial charge < -0.3 is 19.9 Å². The molecule has 7 nitrogen and oxygen atoms in total. The number of halogens is 1. The van der Waals surface area contributed by atoms with Crippen LogP contribution in [-0.2, 0) is 38.0 Å². The second-order valence-corrected chi connectivity index (χ2v) is 8.50. The Hall–Kier alpha value is -2.42. The second-order valence-electron chi connectivity index (χ2n) is 8.19. The summed E-state index contributed by atoms with van der Waals surface area (Å²) in [5, 5.41) is 2.62. The summed E-state index contributed by atoms with van der Waals surface area (Å²) >= 11 is 4.34. The first-order chi connectivity index (χ1) is 14.4. The lowest BCUT2D eigenvalue weighted by atomic mass is 9.99. The SMILES string of the molecule is O=C[C@@H]1CC(F)CN1C(=O)[C@@H]1CC(CC(=O)N2Cc3cccc(CS)c3C2)C(=O)N1. The number of rotatable bonds is 5. The van der Waals surface area contributed by atoms with Crippen molar-refractivity contribution in [1.29, 1.82) is 0 Å². The Bertz CT molecular complexity index is 895. The first kappa shape index (κ1) is 20.8. The zero-order valence-corrected chi connectivity index (χ0v) is 17.3. The molecule has 30 heavy (non-hydrogen) atoms. The Kier molecular flexibility index (Phi) is 5.81. The van der Waals surface area contributed by atoms with Crippen LogP contribution in [0.25, 0.3) is 0 Å². The molecule has 1 aromatic carbocycles. The van der Waals surface area contributed by atoms with Gasteiger partial charge in [0.25, 0.3) is 0 Å². The number of hydrogen-bond acceptors (Lipinski definition) is 5. The molecule has 0 saturated carbocycles. The molecule has 0 aromatic heterocycles. The lowest BCUT2D eigenvalue weighted by molar-refractivity contribution is -0.137. The third-order valence-electron chi connectivity index (χ3n) is 6.26. The zero-order valence-electron chi connectivity index (χ0n) is 16.4. The molecule has 160 valence electrons. The van der Waals surface area contributed by atoms with Crippen molar-refractivity contribution in [2.24, 2.45) is 5.92 Å². The van der Waals surface area contributed by atoms with Crippen molar-refractivity contribution in [1.82, 2.24) is 15.1 Å². The van der Waals surface area contributed by atoms with Gasteiger partial charge in [-0.05, 0) is 23.1 Å². The first-order valence-corrected chi connectivity index (χ1v) is 10.7. The molecule has 3 heterocycles. The van der Waals surface area contributed by atoms with E-state index in [2.05, 4.69) is 17.9 Å². The molecule has 2 fully saturated rings. The third kappa shape index (κ3) is 3.82. The highest BCUT2D eigenvalue weighted by atomic mass is 32.1. The van der Waals surface area contributed by atoms with Crippen LogP contribution in [0.4, 0.5) is 4.39 Å². The average Bonchev–Trinajstić information content (AvgIpc) is 3.43. The Morgan fingerprint density at radius 2 is 2.07 bits per heavy atom. The number of hydrogen-bond donors (Lipinski definition) is 2. The molecule has 0 radical (unpaired) electrons. The van der Waals surface area contributed by atoms with E-state index in [1.165, 1.54) is 4.90 Å². The number of fused-ring (bicyclic) bond motifs is 1. The van der Waals surface area contributed by atoms with Gasteiger partial charge in [-0.25, -0.2) is 4.39 Å². The Balaban J connectivity index is 1.37. The predicted molar refractivity (Wildman–Crippen MR) is 109 cm³/mol. The molecule has 0 aliphatic carbocycles. The number of likely N-dealkylation sites (tertiary alicyclic amines) is 1. The van der Waals surface area contributed by atoms with E-state index >= 15 is 0 Å². The predicted octanol–water partition coefficient (Wildman–Crippen LogP) is 0.991. The highest BCUT2D eigenvalue weighted by Crippen LogP contribution is 2.30. The van der Waals surface area contributed by atoms with Crippen molar-refractivity contribution in [2.45, 2.75) is 56.4 Å². The van der Waals surface area contributed by atoms with E-state index in [1.807, 2.05) is 18.2 Å². The minimum atomic E-state index is -1.24. The van der Waals surface area contributed by atoms with Crippen LogP contribution in [0.2, 0.25) is 0 Å². The van der Waals surface area contributed by atoms with Crippen LogP contribution in [0.15, 0.2) is 18.2 Å². The lowest BCUT2D eigenvalue weighted by Crippen LogP contribution is -2.47. The van der Waals surface area contributed by atoms with Gasteiger partial charge in [0.1, 0.15) is 18.5 Å². The first-order valence-electron chi connectivity index (χ1n) is 10.1. The average molecular weight is 434 g/mol. The number of nitrogens with zero attached hydrogens (tertiary/aromatic N) is 2. The Morgan fingerprint density at radius 1 is 1.27 bits per heavy atom. The fourth-order valence-corrected chi connectivity index (χ4v) is 4.93. The van der Waals surface area contributed by atoms with E-state index < -0.39 is 30.1 Å². The number of nitrogens with one attached hydrogen (secondary N) is 1. The molecule has 4 rings (SSSR count). The van der Waals surface area contributed by atoms with Crippen molar-refractivity contribution in [3.63, 3.8) is 0 Å². The van der Waals surface area contributed by atoms with Crippen LogP contribution < -0.4 is 5.32 Å². The molecule has 3 aliphatic rings. The summed E-state index contributed by atoms with van der Waals surface area (Å²) in [6.07, 6.45) is -0.494. The van der Waals surface area contributed by atoms with Crippen molar-refractivity contribution in [2.75, 3.05) is 6.54 Å². The van der Waals surface area contributed by atoms with E-state index in [9.17, 15) is 23.6 Å². The van der Waals surface area contributed by atoms with Crippen LogP contribution in [0.5, 0.6) is 0 Å². The summed E-state index contributed by atoms with van der Waals surface area (Å²) in [7, 11) is 0. The molecule has 3 aliphatic heterocycles. The smallest absolute Gasteiger partial charge is 0.245 e. The molecule has 1 aromatic rings. The molecule has 0 bridgehead atoms. The lowest BCUT2D eigenvalue weighted by Gasteiger charge is -2.23. The third-order valence-corrected chi connectivity index (χ3v) is 6.60. The highest BCUT2D eigenvalue weighted by molar-refractivity contribution is 7.79. The van der Waals surface area contributed by atoms with Crippen molar-refractivity contribution in [3.05, 3.63) is 34.9 Å². The monoisotopic (exact) mass is 433 g/mol. The molecule has 9 heteroatoms. The number of amides is 3. The molecule has 2 saturated heterocycles. The van der Waals surface area contributed by atoms with Crippen LogP contribution >= 0.6 is 12.6 Å². The molecule has 1 N–H and O–H groups in total. The highest BCUT2D eigenvalue weighted by Gasteiger charge is 2.43. The molecular weight excluding hydrogens is 409 g/mol. The van der Waals surface area contributed by atoms with Gasteiger partial charge in [-0.15, -0.1) is 0 Å². The number of carbonyl (C=O) groups is 4. The molecular formula is C21H24FN3O4S. The van der Waals surface area contributed by atoms with Gasteiger partial charge in [0, 0.05) is 37.6 Å². The van der Waals surface area contributed by atoms with Crippen LogP contribution in [-0.4, -0.2) is 58.6 Å². The van der Waals surface area contributed by atoms with Gasteiger partial charge in [-0.1, -0.05) is 18.2 Å². The number of thiol groups is 1. The van der Waals surface area contributed by atoms with Crippen LogP contribution in [0.3, 0.4) is 0 Å². The Morgan fingerprint density at radius 3 is 2.80 bits per heavy atom. The minimum absolute atomic E-state index is 0.0123. The maximum absolute atomic E-state index is 13.6. The van der Waals surface area contributed by atoms with Crippen LogP contribution in [0.1, 0.15) is 36.0 Å². The van der Waals surface area contributed by atoms with Gasteiger partial charge >= 0.3 is 0 Å². The van der Waals surface area contributed by atoms with Crippen molar-refractivity contribution < 1.29 is 23.6 Å². The van der Waals surface area contributed by atoms with E-state index in [4.69, 9.17) is 0 Å². The maximum atomic E-state index is 13.6. The summed E-state index contributed by atoms with van der Waals surface area (Å²) in [6, 6.07) is 4.31. The zero-order chi connectivity index (χ0) is 21.4. The normalized spacial score (nSPS) is 27.9. The summed E-state index contributed by atoms with van der Waals surface area (Å²) in [4.78, 5) is 52.0. The summed E-state index contributed by atoms with van der Waals surface area (Å²) in [6.45, 7) is 0.852. The fraction of sp³-hybridized carbons (Fsp3) is 0.524. The van der Waals surface area contributed by atoms with Gasteiger partial charge in [0.15, 0.2) is 0 Å². The summed E-state index contributed by atoms with van der Waals surface area (Å²) < 4.78 is 13.6. The van der Waals surface area contributed by atoms with E-state index in [1.54, 1.807) is 4.90 Å². The van der Waals surface area contributed by atoms with Crippen molar-refractivity contribution >= 4 is 36.6 Å². The van der Waals surface area contributed by atoms with Crippen molar-refractivity contribution in [3.8, 4) is 0 Å². The fourth-order valence-electron chi connectivity index (χ4n) is 4.63. The summed E-state index contributed by atoms with van der Waals surface area (Å²) in [5.74, 6) is -0.966. The van der Waals surface area contributed by atoms with E-state index in [0.29, 0.717) is 25.1 Å². The van der Waals surface area contributed by atoms with Crippen LogP contribution in [0, 0.1) is 5.92 Å². The molecule has 2 unspecified atom stereocenters. The van der Waals surface area contributed by atoms with Gasteiger partial charge in [-0.2, -0.15) is 12.6 Å². The van der Waals surface area contributed by atoms with Gasteiger partial charge in [0.05, 0.1) is 12.6 Å². The standard InChI is InChI=1S/C21H24FN3O4S/c22-15-6-16(10-26)25(8-15)21(29)18-4-14(20(28)23-18)5-19(27)24-7-12-2-1-3-13(11-30)17(12)9-24/h1-3,10,14-16,18,30H,4-9,11H2,(H,23,28)/t14?,15?,16-,18-/m0/s1. The van der Waals surface area contributed by atoms with E-state index in [0.717, 1.165) is 16.7 Å². The number of benzene rings is 1. The van der Waals surface area contributed by atoms with E-state index in [-0.39, 0.29) is 37.6 Å². The number of alkyl halides is 1. The summed E-state index contributed by atoms with van der Waals surface area (Å²) in [5.41, 5.74) is 3.30. The number of carbonyl (C=O) groups excluding carboxylic acids is 4. The number of aldehydes is 1. The largest absolute Gasteiger partial charge is 0.344 e. The maximum Gasteiger partial charge on any atom is 0.245 e.